The average molecular weight is 276 g/mol. The second-order valence-electron chi connectivity index (χ2n) is 5.58. The molecule has 20 heavy (non-hydrogen) atoms. The molecule has 5 nitrogen and oxygen atoms in total. The van der Waals surface area contributed by atoms with Crippen LogP contribution in [0.2, 0.25) is 0 Å². The zero-order valence-corrected chi connectivity index (χ0v) is 12.3. The Bertz CT molecular complexity index is 479. The molecule has 0 saturated carbocycles. The van der Waals surface area contributed by atoms with E-state index in [4.69, 9.17) is 10.9 Å². The largest absolute Gasteiger partial charge is 0.409 e. The van der Waals surface area contributed by atoms with Crippen molar-refractivity contribution in [1.29, 1.82) is 0 Å². The van der Waals surface area contributed by atoms with Gasteiger partial charge in [-0.1, -0.05) is 17.3 Å². The van der Waals surface area contributed by atoms with Crippen molar-refractivity contribution in [3.05, 3.63) is 34.9 Å². The van der Waals surface area contributed by atoms with E-state index in [-0.39, 0.29) is 5.84 Å². The van der Waals surface area contributed by atoms with Crippen LogP contribution >= 0.6 is 0 Å². The van der Waals surface area contributed by atoms with E-state index in [1.54, 1.807) is 0 Å². The Kier molecular flexibility index (Phi) is 4.98. The number of piperidine rings is 1. The molecule has 4 N–H and O–H groups in total. The van der Waals surface area contributed by atoms with Crippen molar-refractivity contribution < 1.29 is 5.21 Å². The maximum Gasteiger partial charge on any atom is 0.170 e. The van der Waals surface area contributed by atoms with Crippen molar-refractivity contribution in [2.75, 3.05) is 20.1 Å². The van der Waals surface area contributed by atoms with E-state index in [0.29, 0.717) is 6.04 Å². The predicted molar refractivity (Wildman–Crippen MR) is 81.0 cm³/mol. The number of likely N-dealkylation sites (tertiary alicyclic amines) is 1. The van der Waals surface area contributed by atoms with Crippen molar-refractivity contribution in [2.45, 2.75) is 32.4 Å². The van der Waals surface area contributed by atoms with E-state index in [2.05, 4.69) is 29.3 Å². The number of nitrogens with two attached hydrogens (primary N) is 1. The average Bonchev–Trinajstić information content (AvgIpc) is 2.46. The summed E-state index contributed by atoms with van der Waals surface area (Å²) in [7, 11) is 2.17. The Labute approximate surface area is 120 Å². The number of nitrogens with one attached hydrogen (secondary N) is 1. The number of nitrogens with zero attached hydrogens (tertiary/aromatic N) is 2. The van der Waals surface area contributed by atoms with E-state index in [0.717, 1.165) is 17.7 Å². The first-order chi connectivity index (χ1) is 9.60. The molecule has 1 saturated heterocycles. The Balaban J connectivity index is 1.93. The van der Waals surface area contributed by atoms with Crippen LogP contribution in [0.4, 0.5) is 0 Å². The molecule has 1 aromatic carbocycles. The summed E-state index contributed by atoms with van der Waals surface area (Å²) >= 11 is 0. The van der Waals surface area contributed by atoms with Crippen molar-refractivity contribution in [2.24, 2.45) is 10.9 Å². The van der Waals surface area contributed by atoms with Gasteiger partial charge in [-0.15, -0.1) is 0 Å². The van der Waals surface area contributed by atoms with Gasteiger partial charge in [0.1, 0.15) is 0 Å². The maximum atomic E-state index is 8.69. The number of amidine groups is 1. The highest BCUT2D eigenvalue weighted by Gasteiger charge is 2.16. The first-order valence-electron chi connectivity index (χ1n) is 7.09. The first-order valence-corrected chi connectivity index (χ1v) is 7.09. The van der Waals surface area contributed by atoms with Crippen molar-refractivity contribution in [1.82, 2.24) is 10.2 Å². The lowest BCUT2D eigenvalue weighted by Gasteiger charge is -2.29. The fraction of sp³-hybridized carbons (Fsp3) is 0.533. The van der Waals surface area contributed by atoms with Crippen LogP contribution in [0.1, 0.15) is 29.5 Å². The number of benzene rings is 1. The molecule has 0 amide bonds. The quantitative estimate of drug-likeness (QED) is 0.335. The summed E-state index contributed by atoms with van der Waals surface area (Å²) in [5.74, 6) is 0.155. The highest BCUT2D eigenvalue weighted by molar-refractivity contribution is 5.97. The second kappa shape index (κ2) is 6.72. The molecule has 0 atom stereocenters. The highest BCUT2D eigenvalue weighted by atomic mass is 16.4. The molecule has 1 heterocycles. The fourth-order valence-electron chi connectivity index (χ4n) is 2.58. The third-order valence-corrected chi connectivity index (χ3v) is 4.05. The predicted octanol–water partition coefficient (Wildman–Crippen LogP) is 1.27. The Hall–Kier alpha value is -1.59. The van der Waals surface area contributed by atoms with Crippen LogP contribution in [0, 0.1) is 6.92 Å². The summed E-state index contributed by atoms with van der Waals surface area (Å²) in [4.78, 5) is 2.37. The highest BCUT2D eigenvalue weighted by Crippen LogP contribution is 2.13. The molecule has 1 aliphatic heterocycles. The van der Waals surface area contributed by atoms with Crippen LogP contribution < -0.4 is 11.1 Å². The molecule has 0 aliphatic carbocycles. The Morgan fingerprint density at radius 1 is 1.45 bits per heavy atom. The SMILES string of the molecule is Cc1cc(/C(N)=N/O)ccc1CNC1CCN(C)CC1. The van der Waals surface area contributed by atoms with Gasteiger partial charge >= 0.3 is 0 Å². The zero-order valence-electron chi connectivity index (χ0n) is 12.3. The van der Waals surface area contributed by atoms with E-state index in [1.807, 2.05) is 18.2 Å². The van der Waals surface area contributed by atoms with Crippen LogP contribution in [-0.4, -0.2) is 42.1 Å². The molecular weight excluding hydrogens is 252 g/mol. The third-order valence-electron chi connectivity index (χ3n) is 4.05. The Morgan fingerprint density at radius 2 is 2.15 bits per heavy atom. The summed E-state index contributed by atoms with van der Waals surface area (Å²) in [6, 6.07) is 6.51. The molecule has 0 bridgehead atoms. The monoisotopic (exact) mass is 276 g/mol. The number of hydrogen-bond acceptors (Lipinski definition) is 4. The van der Waals surface area contributed by atoms with E-state index in [1.165, 1.54) is 31.5 Å². The van der Waals surface area contributed by atoms with Crippen molar-refractivity contribution >= 4 is 5.84 Å². The lowest BCUT2D eigenvalue weighted by atomic mass is 10.0. The van der Waals surface area contributed by atoms with E-state index < -0.39 is 0 Å². The van der Waals surface area contributed by atoms with Gasteiger partial charge in [0.25, 0.3) is 0 Å². The zero-order chi connectivity index (χ0) is 14.5. The van der Waals surface area contributed by atoms with Gasteiger partial charge in [-0.05, 0) is 57.1 Å². The van der Waals surface area contributed by atoms with Gasteiger partial charge in [-0.3, -0.25) is 0 Å². The van der Waals surface area contributed by atoms with Gasteiger partial charge in [0.2, 0.25) is 0 Å². The normalized spacial score (nSPS) is 18.4. The van der Waals surface area contributed by atoms with Gasteiger partial charge in [0.15, 0.2) is 5.84 Å². The van der Waals surface area contributed by atoms with Crippen LogP contribution in [0.5, 0.6) is 0 Å². The minimum Gasteiger partial charge on any atom is -0.409 e. The van der Waals surface area contributed by atoms with Crippen molar-refractivity contribution in [3.63, 3.8) is 0 Å². The van der Waals surface area contributed by atoms with Gasteiger partial charge in [-0.2, -0.15) is 0 Å². The Morgan fingerprint density at radius 3 is 2.75 bits per heavy atom. The maximum absolute atomic E-state index is 8.69. The molecule has 0 radical (unpaired) electrons. The number of aryl methyl sites for hydroxylation is 1. The molecule has 2 rings (SSSR count). The molecular formula is C15H24N4O. The molecule has 0 unspecified atom stereocenters. The minimum absolute atomic E-state index is 0.155. The number of hydrogen-bond donors (Lipinski definition) is 3. The molecule has 1 aliphatic rings. The van der Waals surface area contributed by atoms with Crippen LogP contribution in [-0.2, 0) is 6.54 Å². The number of oxime groups is 1. The summed E-state index contributed by atoms with van der Waals surface area (Å²) < 4.78 is 0. The van der Waals surface area contributed by atoms with Gasteiger partial charge in [0.05, 0.1) is 0 Å². The molecule has 1 aromatic rings. The van der Waals surface area contributed by atoms with E-state index >= 15 is 0 Å². The summed E-state index contributed by atoms with van der Waals surface area (Å²) in [6.45, 7) is 5.26. The van der Waals surface area contributed by atoms with Crippen LogP contribution in [0.25, 0.3) is 0 Å². The van der Waals surface area contributed by atoms with Crippen LogP contribution in [0.15, 0.2) is 23.4 Å². The summed E-state index contributed by atoms with van der Waals surface area (Å²) in [5.41, 5.74) is 8.78. The number of rotatable bonds is 4. The topological polar surface area (TPSA) is 73.9 Å². The standard InChI is InChI=1S/C15H24N4O/c1-11-9-12(15(16)18-20)3-4-13(11)10-17-14-5-7-19(2)8-6-14/h3-4,9,14,17,20H,5-8,10H2,1-2H3,(H2,16,18). The van der Waals surface area contributed by atoms with Gasteiger partial charge in [-0.25, -0.2) is 0 Å². The molecule has 0 aromatic heterocycles. The van der Waals surface area contributed by atoms with Gasteiger partial charge < -0.3 is 21.2 Å². The second-order valence-corrected chi connectivity index (χ2v) is 5.58. The van der Waals surface area contributed by atoms with E-state index in [9.17, 15) is 0 Å². The summed E-state index contributed by atoms with van der Waals surface area (Å²) in [6.07, 6.45) is 2.41. The first kappa shape index (κ1) is 14.8. The third kappa shape index (κ3) is 3.71. The lowest BCUT2D eigenvalue weighted by Crippen LogP contribution is -2.40. The minimum atomic E-state index is 0.155. The lowest BCUT2D eigenvalue weighted by molar-refractivity contribution is 0.234. The fourth-order valence-corrected chi connectivity index (χ4v) is 2.58. The molecule has 1 fully saturated rings. The van der Waals surface area contributed by atoms with Crippen molar-refractivity contribution in [3.8, 4) is 0 Å². The molecule has 0 spiro atoms. The van der Waals surface area contributed by atoms with Crippen LogP contribution in [0.3, 0.4) is 0 Å². The molecule has 5 heteroatoms. The smallest absolute Gasteiger partial charge is 0.170 e. The summed E-state index contributed by atoms with van der Waals surface area (Å²) in [5, 5.41) is 15.3. The molecule has 110 valence electrons. The van der Waals surface area contributed by atoms with Gasteiger partial charge in [0, 0.05) is 18.2 Å².